The smallest absolute Gasteiger partial charge is 0.217 e. The van der Waals surface area contributed by atoms with Gasteiger partial charge in [-0.2, -0.15) is 0 Å². The number of rotatable bonds is 2. The van der Waals surface area contributed by atoms with Crippen molar-refractivity contribution in [2.45, 2.75) is 25.3 Å². The van der Waals surface area contributed by atoms with Crippen LogP contribution in [0.4, 0.5) is 0 Å². The molecule has 0 aromatic heterocycles. The Morgan fingerprint density at radius 3 is 2.57 bits per heavy atom. The molecule has 0 aliphatic heterocycles. The highest BCUT2D eigenvalue weighted by Crippen LogP contribution is 2.40. The van der Waals surface area contributed by atoms with E-state index in [9.17, 15) is 4.79 Å². The number of benzene rings is 1. The van der Waals surface area contributed by atoms with Gasteiger partial charge in [0, 0.05) is 18.9 Å². The summed E-state index contributed by atoms with van der Waals surface area (Å²) in [5.41, 5.74) is 1.33. The summed E-state index contributed by atoms with van der Waals surface area (Å²) in [5.74, 6) is 0.619. The maximum atomic E-state index is 10.8. The molecule has 2 nitrogen and oxygen atoms in total. The van der Waals surface area contributed by atoms with Crippen molar-refractivity contribution in [2.24, 2.45) is 0 Å². The Labute approximate surface area is 90.1 Å². The third-order valence-corrected chi connectivity index (χ3v) is 2.41. The fraction of sp³-hybridized carbons (Fsp3) is 0.364. The highest BCUT2D eigenvalue weighted by molar-refractivity contribution is 5.85. The van der Waals surface area contributed by atoms with Gasteiger partial charge in [-0.05, 0) is 12.0 Å². The minimum absolute atomic E-state index is 0. The van der Waals surface area contributed by atoms with Crippen LogP contribution in [0.3, 0.4) is 0 Å². The normalized spacial score (nSPS) is 23.5. The summed E-state index contributed by atoms with van der Waals surface area (Å²) in [7, 11) is 0. The molecular formula is C11H14ClNO. The zero-order valence-corrected chi connectivity index (χ0v) is 8.88. The number of carbonyl (C=O) groups is 1. The van der Waals surface area contributed by atoms with Gasteiger partial charge in [0.25, 0.3) is 0 Å². The first-order chi connectivity index (χ1) is 6.27. The van der Waals surface area contributed by atoms with Gasteiger partial charge in [-0.25, -0.2) is 0 Å². The first-order valence-electron chi connectivity index (χ1n) is 4.59. The maximum absolute atomic E-state index is 10.8. The number of amides is 1. The minimum Gasteiger partial charge on any atom is -0.353 e. The summed E-state index contributed by atoms with van der Waals surface area (Å²) in [5, 5.41) is 2.93. The Hall–Kier alpha value is -1.02. The van der Waals surface area contributed by atoms with Crippen molar-refractivity contribution in [3.63, 3.8) is 0 Å². The van der Waals surface area contributed by atoms with E-state index in [0.717, 1.165) is 6.42 Å². The summed E-state index contributed by atoms with van der Waals surface area (Å²) < 4.78 is 0. The summed E-state index contributed by atoms with van der Waals surface area (Å²) in [4.78, 5) is 10.8. The molecule has 1 aliphatic carbocycles. The van der Waals surface area contributed by atoms with E-state index in [1.54, 1.807) is 6.92 Å². The topological polar surface area (TPSA) is 29.1 Å². The van der Waals surface area contributed by atoms with E-state index in [0.29, 0.717) is 12.0 Å². The molecule has 1 amide bonds. The molecule has 1 N–H and O–H groups in total. The van der Waals surface area contributed by atoms with E-state index < -0.39 is 0 Å². The first kappa shape index (κ1) is 11.1. The summed E-state index contributed by atoms with van der Waals surface area (Å²) in [6, 6.07) is 10.7. The van der Waals surface area contributed by atoms with Crippen LogP contribution in [0.5, 0.6) is 0 Å². The number of hydrogen-bond donors (Lipinski definition) is 1. The van der Waals surface area contributed by atoms with Gasteiger partial charge < -0.3 is 5.32 Å². The molecule has 1 aromatic carbocycles. The predicted octanol–water partition coefficient (Wildman–Crippen LogP) is 2.10. The monoisotopic (exact) mass is 211 g/mol. The second-order valence-electron chi connectivity index (χ2n) is 3.56. The van der Waals surface area contributed by atoms with Crippen molar-refractivity contribution < 1.29 is 4.79 Å². The molecule has 2 rings (SSSR count). The molecule has 0 heterocycles. The Balaban J connectivity index is 0.000000980. The quantitative estimate of drug-likeness (QED) is 0.798. The van der Waals surface area contributed by atoms with Crippen LogP contribution in [0.15, 0.2) is 30.3 Å². The molecule has 0 bridgehead atoms. The van der Waals surface area contributed by atoms with E-state index >= 15 is 0 Å². The first-order valence-corrected chi connectivity index (χ1v) is 4.59. The van der Waals surface area contributed by atoms with E-state index in [1.165, 1.54) is 5.56 Å². The van der Waals surface area contributed by atoms with Crippen LogP contribution in [0.1, 0.15) is 24.8 Å². The second kappa shape index (κ2) is 4.47. The van der Waals surface area contributed by atoms with Crippen molar-refractivity contribution in [1.82, 2.24) is 5.32 Å². The molecule has 1 aliphatic rings. The third-order valence-electron chi connectivity index (χ3n) is 2.41. The van der Waals surface area contributed by atoms with Crippen molar-refractivity contribution >= 4 is 18.3 Å². The van der Waals surface area contributed by atoms with E-state index in [2.05, 4.69) is 17.4 Å². The fourth-order valence-electron chi connectivity index (χ4n) is 1.68. The lowest BCUT2D eigenvalue weighted by Crippen LogP contribution is -2.23. The van der Waals surface area contributed by atoms with Crippen molar-refractivity contribution in [3.05, 3.63) is 35.9 Å². The van der Waals surface area contributed by atoms with Crippen molar-refractivity contribution in [1.29, 1.82) is 0 Å². The molecule has 1 aromatic rings. The zero-order chi connectivity index (χ0) is 9.26. The number of carbonyl (C=O) groups excluding carboxylic acids is 1. The SMILES string of the molecule is CC(=O)NC1CC1c1ccccc1.Cl. The van der Waals surface area contributed by atoms with Gasteiger partial charge in [0.1, 0.15) is 0 Å². The largest absolute Gasteiger partial charge is 0.353 e. The number of halogens is 1. The average Bonchev–Trinajstić information content (AvgIpc) is 2.84. The summed E-state index contributed by atoms with van der Waals surface area (Å²) in [6.45, 7) is 1.57. The molecule has 3 heteroatoms. The highest BCUT2D eigenvalue weighted by atomic mass is 35.5. The van der Waals surface area contributed by atoms with Crippen molar-refractivity contribution in [3.8, 4) is 0 Å². The highest BCUT2D eigenvalue weighted by Gasteiger charge is 2.38. The maximum Gasteiger partial charge on any atom is 0.217 e. The molecule has 0 radical (unpaired) electrons. The molecular weight excluding hydrogens is 198 g/mol. The van der Waals surface area contributed by atoms with Gasteiger partial charge in [-0.1, -0.05) is 30.3 Å². The van der Waals surface area contributed by atoms with Crippen LogP contribution in [0, 0.1) is 0 Å². The van der Waals surface area contributed by atoms with Gasteiger partial charge in [0.2, 0.25) is 5.91 Å². The van der Waals surface area contributed by atoms with Crippen LogP contribution in [-0.4, -0.2) is 11.9 Å². The molecule has 2 unspecified atom stereocenters. The lowest BCUT2D eigenvalue weighted by molar-refractivity contribution is -0.119. The predicted molar refractivity (Wildman–Crippen MR) is 58.7 cm³/mol. The van der Waals surface area contributed by atoms with E-state index in [-0.39, 0.29) is 18.3 Å². The van der Waals surface area contributed by atoms with Crippen LogP contribution >= 0.6 is 12.4 Å². The molecule has 1 fully saturated rings. The van der Waals surface area contributed by atoms with Gasteiger partial charge in [0.05, 0.1) is 0 Å². The molecule has 76 valence electrons. The molecule has 14 heavy (non-hydrogen) atoms. The van der Waals surface area contributed by atoms with E-state index in [4.69, 9.17) is 0 Å². The second-order valence-corrected chi connectivity index (χ2v) is 3.56. The summed E-state index contributed by atoms with van der Waals surface area (Å²) in [6.07, 6.45) is 1.09. The Morgan fingerprint density at radius 2 is 2.00 bits per heavy atom. The van der Waals surface area contributed by atoms with Crippen molar-refractivity contribution in [2.75, 3.05) is 0 Å². The van der Waals surface area contributed by atoms with Crippen LogP contribution in [0.25, 0.3) is 0 Å². The molecule has 0 spiro atoms. The van der Waals surface area contributed by atoms with Gasteiger partial charge in [0.15, 0.2) is 0 Å². The fourth-order valence-corrected chi connectivity index (χ4v) is 1.68. The minimum atomic E-state index is 0. The van der Waals surface area contributed by atoms with Gasteiger partial charge in [-0.15, -0.1) is 12.4 Å². The molecule has 0 saturated heterocycles. The van der Waals surface area contributed by atoms with Crippen LogP contribution in [0.2, 0.25) is 0 Å². The lowest BCUT2D eigenvalue weighted by Gasteiger charge is -2.00. The lowest BCUT2D eigenvalue weighted by atomic mass is 10.1. The summed E-state index contributed by atoms with van der Waals surface area (Å²) >= 11 is 0. The third kappa shape index (κ3) is 2.48. The molecule has 1 saturated carbocycles. The van der Waals surface area contributed by atoms with E-state index in [1.807, 2.05) is 18.2 Å². The zero-order valence-electron chi connectivity index (χ0n) is 8.07. The average molecular weight is 212 g/mol. The van der Waals surface area contributed by atoms with Crippen LogP contribution < -0.4 is 5.32 Å². The number of nitrogens with one attached hydrogen (secondary N) is 1. The standard InChI is InChI=1S/C11H13NO.ClH/c1-8(13)12-11-7-10(11)9-5-3-2-4-6-9;/h2-6,10-11H,7H2,1H3,(H,12,13);1H. The Kier molecular flexibility index (Phi) is 3.53. The van der Waals surface area contributed by atoms with Crippen LogP contribution in [-0.2, 0) is 4.79 Å². The van der Waals surface area contributed by atoms with Gasteiger partial charge in [-0.3, -0.25) is 4.79 Å². The Morgan fingerprint density at radius 1 is 1.36 bits per heavy atom. The van der Waals surface area contributed by atoms with Gasteiger partial charge >= 0.3 is 0 Å². The molecule has 2 atom stereocenters. The Bertz CT molecular complexity index is 312. The number of hydrogen-bond acceptors (Lipinski definition) is 1.